The molecule has 1 aliphatic rings. The van der Waals surface area contributed by atoms with Crippen LogP contribution in [0.15, 0.2) is 59.7 Å². The molecule has 0 N–H and O–H groups in total. The molecule has 1 saturated heterocycles. The maximum absolute atomic E-state index is 13.1. The van der Waals surface area contributed by atoms with Gasteiger partial charge in [0.05, 0.1) is 22.5 Å². The molecule has 0 saturated carbocycles. The van der Waals surface area contributed by atoms with Crippen LogP contribution in [-0.4, -0.2) is 68.0 Å². The second kappa shape index (κ2) is 11.1. The van der Waals surface area contributed by atoms with Gasteiger partial charge in [0.2, 0.25) is 11.9 Å². The van der Waals surface area contributed by atoms with Gasteiger partial charge in [-0.15, -0.1) is 0 Å². The first-order chi connectivity index (χ1) is 19.4. The number of amides is 1. The van der Waals surface area contributed by atoms with Crippen LogP contribution in [0.3, 0.4) is 0 Å². The molecule has 1 amide bonds. The van der Waals surface area contributed by atoms with Crippen LogP contribution in [0.4, 0.5) is 5.95 Å². The third-order valence-electron chi connectivity index (χ3n) is 7.81. The van der Waals surface area contributed by atoms with Crippen molar-refractivity contribution in [2.45, 2.75) is 59.2 Å². The van der Waals surface area contributed by atoms with Gasteiger partial charge in [-0.2, -0.15) is 0 Å². The van der Waals surface area contributed by atoms with Gasteiger partial charge in [-0.05, 0) is 64.8 Å². The minimum absolute atomic E-state index is 0.00911. The summed E-state index contributed by atoms with van der Waals surface area (Å²) in [6, 6.07) is 14.3. The Hall–Kier alpha value is -3.98. The molecule has 0 radical (unpaired) electrons. The quantitative estimate of drug-likeness (QED) is 0.346. The van der Waals surface area contributed by atoms with Gasteiger partial charge in [-0.25, -0.2) is 9.97 Å². The van der Waals surface area contributed by atoms with Crippen LogP contribution in [0, 0.1) is 6.92 Å². The number of benzene rings is 2. The van der Waals surface area contributed by atoms with E-state index in [1.807, 2.05) is 70.2 Å². The van der Waals surface area contributed by atoms with Crippen molar-refractivity contribution in [3.8, 4) is 11.1 Å². The molecule has 41 heavy (non-hydrogen) atoms. The predicted octanol–water partition coefficient (Wildman–Crippen LogP) is 4.57. The summed E-state index contributed by atoms with van der Waals surface area (Å²) in [5.74, 6) is 0.652. The predicted molar refractivity (Wildman–Crippen MR) is 162 cm³/mol. The zero-order chi connectivity index (χ0) is 29.5. The van der Waals surface area contributed by atoms with Crippen LogP contribution in [0.5, 0.6) is 0 Å². The van der Waals surface area contributed by atoms with Gasteiger partial charge >= 0.3 is 0 Å². The van der Waals surface area contributed by atoms with Gasteiger partial charge in [0.1, 0.15) is 6.61 Å². The van der Waals surface area contributed by atoms with Crippen molar-refractivity contribution in [1.29, 1.82) is 0 Å². The molecule has 216 valence electrons. The highest BCUT2D eigenvalue weighted by molar-refractivity contribution is 5.84. The Kier molecular flexibility index (Phi) is 7.74. The minimum atomic E-state index is -0.349. The molecule has 0 aliphatic carbocycles. The Morgan fingerprint density at radius 1 is 1.07 bits per heavy atom. The second-order valence-electron chi connectivity index (χ2n) is 12.1. The normalized spacial score (nSPS) is 16.8. The third-order valence-corrected chi connectivity index (χ3v) is 7.81. The fourth-order valence-corrected chi connectivity index (χ4v) is 5.56. The molecule has 0 bridgehead atoms. The molecule has 5 rings (SSSR count). The minimum Gasteiger partial charge on any atom is -0.366 e. The molecule has 1 aliphatic heterocycles. The van der Waals surface area contributed by atoms with Crippen molar-refractivity contribution in [2.24, 2.45) is 7.05 Å². The van der Waals surface area contributed by atoms with E-state index in [1.165, 1.54) is 5.56 Å². The second-order valence-corrected chi connectivity index (χ2v) is 12.1. The summed E-state index contributed by atoms with van der Waals surface area (Å²) >= 11 is 0. The average molecular weight is 557 g/mol. The molecular weight excluding hydrogens is 516 g/mol. The Labute approximate surface area is 241 Å². The number of aryl methyl sites for hydroxylation is 1. The SMILES string of the molecule is Cc1cccc(C(C)n2c3cc(-c4cnc(N5CCN(C(=O)COC(C)(C)C)[C@H](C)C5)nc4)ccc3c(=O)n2C)c1. The molecule has 2 aromatic heterocycles. The van der Waals surface area contributed by atoms with Crippen LogP contribution in [0.2, 0.25) is 0 Å². The summed E-state index contributed by atoms with van der Waals surface area (Å²) in [4.78, 5) is 39.1. The number of carbonyl (C=O) groups is 1. The Morgan fingerprint density at radius 2 is 1.80 bits per heavy atom. The summed E-state index contributed by atoms with van der Waals surface area (Å²) in [6.07, 6.45) is 3.66. The zero-order valence-corrected chi connectivity index (χ0v) is 25.1. The maximum Gasteiger partial charge on any atom is 0.274 e. The molecule has 0 spiro atoms. The third kappa shape index (κ3) is 5.91. The molecule has 3 heterocycles. The highest BCUT2D eigenvalue weighted by atomic mass is 16.5. The lowest BCUT2D eigenvalue weighted by molar-refractivity contribution is -0.143. The highest BCUT2D eigenvalue weighted by Gasteiger charge is 2.29. The molecule has 1 fully saturated rings. The lowest BCUT2D eigenvalue weighted by atomic mass is 10.0. The summed E-state index contributed by atoms with van der Waals surface area (Å²) in [7, 11) is 1.82. The first kappa shape index (κ1) is 28.5. The summed E-state index contributed by atoms with van der Waals surface area (Å²) < 4.78 is 9.44. The number of anilines is 1. The van der Waals surface area contributed by atoms with E-state index in [9.17, 15) is 9.59 Å². The van der Waals surface area contributed by atoms with E-state index in [4.69, 9.17) is 4.74 Å². The smallest absolute Gasteiger partial charge is 0.274 e. The lowest BCUT2D eigenvalue weighted by Gasteiger charge is -2.40. The Balaban J connectivity index is 1.35. The zero-order valence-electron chi connectivity index (χ0n) is 25.1. The molecule has 2 aromatic carbocycles. The number of piperazine rings is 1. The van der Waals surface area contributed by atoms with E-state index in [2.05, 4.69) is 57.7 Å². The fourth-order valence-electron chi connectivity index (χ4n) is 5.56. The number of ether oxygens (including phenoxy) is 1. The van der Waals surface area contributed by atoms with Gasteiger partial charge < -0.3 is 14.5 Å². The van der Waals surface area contributed by atoms with Gasteiger partial charge in [0, 0.05) is 50.7 Å². The molecule has 4 aromatic rings. The number of rotatable bonds is 6. The summed E-state index contributed by atoms with van der Waals surface area (Å²) in [5, 5.41) is 0.683. The fraction of sp³-hybridized carbons (Fsp3) is 0.438. The Morgan fingerprint density at radius 3 is 2.46 bits per heavy atom. The molecule has 9 nitrogen and oxygen atoms in total. The lowest BCUT2D eigenvalue weighted by Crippen LogP contribution is -2.55. The van der Waals surface area contributed by atoms with Crippen molar-refractivity contribution in [2.75, 3.05) is 31.1 Å². The first-order valence-electron chi connectivity index (χ1n) is 14.2. The topological polar surface area (TPSA) is 85.5 Å². The van der Waals surface area contributed by atoms with E-state index in [1.54, 1.807) is 4.68 Å². The van der Waals surface area contributed by atoms with Crippen LogP contribution < -0.4 is 10.5 Å². The van der Waals surface area contributed by atoms with Gasteiger partial charge in [0.25, 0.3) is 5.56 Å². The number of hydrogen-bond acceptors (Lipinski definition) is 6. The highest BCUT2D eigenvalue weighted by Crippen LogP contribution is 2.28. The molecule has 9 heteroatoms. The average Bonchev–Trinajstić information content (AvgIpc) is 3.19. The van der Waals surface area contributed by atoms with Gasteiger partial charge in [-0.1, -0.05) is 35.9 Å². The van der Waals surface area contributed by atoms with Crippen molar-refractivity contribution in [3.05, 3.63) is 76.3 Å². The van der Waals surface area contributed by atoms with Crippen LogP contribution in [0.25, 0.3) is 22.0 Å². The number of aromatic nitrogens is 4. The number of fused-ring (bicyclic) bond motifs is 1. The van der Waals surface area contributed by atoms with E-state index < -0.39 is 0 Å². The Bertz CT molecular complexity index is 1620. The van der Waals surface area contributed by atoms with Gasteiger partial charge in [0.15, 0.2) is 0 Å². The summed E-state index contributed by atoms with van der Waals surface area (Å²) in [5.41, 5.74) is 4.66. The molecular formula is C32H40N6O3. The van der Waals surface area contributed by atoms with Gasteiger partial charge in [-0.3, -0.25) is 19.0 Å². The maximum atomic E-state index is 13.1. The van der Waals surface area contributed by atoms with Crippen LogP contribution >= 0.6 is 0 Å². The van der Waals surface area contributed by atoms with Crippen molar-refractivity contribution >= 4 is 22.8 Å². The number of carbonyl (C=O) groups excluding carboxylic acids is 1. The van der Waals surface area contributed by atoms with Crippen molar-refractivity contribution in [3.63, 3.8) is 0 Å². The van der Waals surface area contributed by atoms with E-state index in [-0.39, 0.29) is 35.8 Å². The van der Waals surface area contributed by atoms with Crippen LogP contribution in [-0.2, 0) is 16.6 Å². The molecule has 2 atom stereocenters. The number of nitrogens with zero attached hydrogens (tertiary/aromatic N) is 6. The van der Waals surface area contributed by atoms with Crippen molar-refractivity contribution in [1.82, 2.24) is 24.2 Å². The van der Waals surface area contributed by atoms with E-state index in [0.717, 1.165) is 22.2 Å². The standard InChI is InChI=1S/C32H40N6O3/c1-21-9-8-10-24(15-21)23(3)38-28-16-25(11-12-27(28)30(40)35(38)7)26-17-33-31(34-18-26)36-13-14-37(22(2)19-36)29(39)20-41-32(4,5)6/h8-12,15-18,22-23H,13-14,19-20H2,1-7H3/t22-,23?/m1/s1. The molecule has 1 unspecified atom stereocenters. The number of hydrogen-bond donors (Lipinski definition) is 0. The van der Waals surface area contributed by atoms with Crippen LogP contribution in [0.1, 0.15) is 51.8 Å². The van der Waals surface area contributed by atoms with E-state index >= 15 is 0 Å². The van der Waals surface area contributed by atoms with E-state index in [0.29, 0.717) is 31.0 Å². The monoisotopic (exact) mass is 556 g/mol. The largest absolute Gasteiger partial charge is 0.366 e. The summed E-state index contributed by atoms with van der Waals surface area (Å²) in [6.45, 7) is 14.1. The van der Waals surface area contributed by atoms with Crippen molar-refractivity contribution < 1.29 is 9.53 Å². The first-order valence-corrected chi connectivity index (χ1v) is 14.2.